The van der Waals surface area contributed by atoms with Crippen LogP contribution in [0.1, 0.15) is 46.5 Å². The number of aliphatic carboxylic acids is 1. The van der Waals surface area contributed by atoms with Gasteiger partial charge in [-0.3, -0.25) is 0 Å². The summed E-state index contributed by atoms with van der Waals surface area (Å²) in [4.78, 5) is 10.6. The molecule has 0 aliphatic rings. The number of carboxylic acids is 1. The first-order chi connectivity index (χ1) is 7.02. The lowest BCUT2D eigenvalue weighted by Crippen LogP contribution is -2.19. The van der Waals surface area contributed by atoms with Crippen molar-refractivity contribution in [3.05, 3.63) is 11.6 Å². The van der Waals surface area contributed by atoms with Crippen LogP contribution in [0.3, 0.4) is 0 Å². The van der Waals surface area contributed by atoms with Gasteiger partial charge in [0, 0.05) is 5.57 Å². The van der Waals surface area contributed by atoms with Crippen molar-refractivity contribution in [3.8, 4) is 0 Å². The summed E-state index contributed by atoms with van der Waals surface area (Å²) in [5.74, 6) is -0.700. The standard InChI is InChI=1S/C12H22O3/c1-4-6-11(13)10(5-2)8-7-9(3)12(14)15/h7,10-11,13H,4-6,8H2,1-3H3,(H,14,15). The van der Waals surface area contributed by atoms with Crippen LogP contribution >= 0.6 is 0 Å². The lowest BCUT2D eigenvalue weighted by Gasteiger charge is -2.19. The maximum atomic E-state index is 10.6. The van der Waals surface area contributed by atoms with Crippen LogP contribution in [-0.4, -0.2) is 22.3 Å². The molecule has 0 bridgehead atoms. The van der Waals surface area contributed by atoms with E-state index in [1.54, 1.807) is 13.0 Å². The maximum absolute atomic E-state index is 10.6. The second-order valence-corrected chi connectivity index (χ2v) is 3.95. The van der Waals surface area contributed by atoms with E-state index >= 15 is 0 Å². The van der Waals surface area contributed by atoms with Crippen LogP contribution < -0.4 is 0 Å². The number of aliphatic hydroxyl groups excluding tert-OH is 1. The molecule has 0 aliphatic carbocycles. The first-order valence-electron chi connectivity index (χ1n) is 5.61. The molecule has 0 fully saturated rings. The molecule has 0 amide bonds. The third-order valence-electron chi connectivity index (χ3n) is 2.72. The monoisotopic (exact) mass is 214 g/mol. The van der Waals surface area contributed by atoms with Gasteiger partial charge in [-0.2, -0.15) is 0 Å². The van der Waals surface area contributed by atoms with Crippen LogP contribution in [0.25, 0.3) is 0 Å². The Morgan fingerprint density at radius 3 is 2.40 bits per heavy atom. The molecule has 0 radical (unpaired) electrons. The highest BCUT2D eigenvalue weighted by Crippen LogP contribution is 2.18. The molecule has 15 heavy (non-hydrogen) atoms. The van der Waals surface area contributed by atoms with E-state index in [1.165, 1.54) is 0 Å². The summed E-state index contributed by atoms with van der Waals surface area (Å²) in [6, 6.07) is 0. The number of hydrogen-bond acceptors (Lipinski definition) is 2. The van der Waals surface area contributed by atoms with Crippen molar-refractivity contribution in [1.82, 2.24) is 0 Å². The largest absolute Gasteiger partial charge is 0.478 e. The van der Waals surface area contributed by atoms with Crippen molar-refractivity contribution in [2.75, 3.05) is 0 Å². The number of carbonyl (C=O) groups is 1. The second-order valence-electron chi connectivity index (χ2n) is 3.95. The van der Waals surface area contributed by atoms with Crippen LogP contribution in [0.4, 0.5) is 0 Å². The number of carboxylic acid groups (broad SMARTS) is 1. The smallest absolute Gasteiger partial charge is 0.330 e. The van der Waals surface area contributed by atoms with Gasteiger partial charge in [0.2, 0.25) is 0 Å². The summed E-state index contributed by atoms with van der Waals surface area (Å²) in [7, 11) is 0. The Hall–Kier alpha value is -0.830. The van der Waals surface area contributed by atoms with Gasteiger partial charge in [0.15, 0.2) is 0 Å². The van der Waals surface area contributed by atoms with Gasteiger partial charge in [0.25, 0.3) is 0 Å². The van der Waals surface area contributed by atoms with Crippen molar-refractivity contribution >= 4 is 5.97 Å². The van der Waals surface area contributed by atoms with E-state index in [-0.39, 0.29) is 12.0 Å². The third kappa shape index (κ3) is 5.57. The Morgan fingerprint density at radius 2 is 2.00 bits per heavy atom. The maximum Gasteiger partial charge on any atom is 0.330 e. The Bertz CT molecular complexity index is 221. The van der Waals surface area contributed by atoms with E-state index < -0.39 is 5.97 Å². The zero-order valence-electron chi connectivity index (χ0n) is 9.86. The zero-order chi connectivity index (χ0) is 11.8. The van der Waals surface area contributed by atoms with Crippen LogP contribution in [-0.2, 0) is 4.79 Å². The average Bonchev–Trinajstić information content (AvgIpc) is 2.18. The summed E-state index contributed by atoms with van der Waals surface area (Å²) in [6.07, 6.45) is 4.67. The molecule has 88 valence electrons. The van der Waals surface area contributed by atoms with Crippen LogP contribution in [0.2, 0.25) is 0 Å². The highest BCUT2D eigenvalue weighted by atomic mass is 16.4. The molecule has 0 aromatic rings. The van der Waals surface area contributed by atoms with Gasteiger partial charge in [-0.15, -0.1) is 0 Å². The molecule has 0 rings (SSSR count). The Labute approximate surface area is 91.8 Å². The van der Waals surface area contributed by atoms with Crippen LogP contribution in [0.5, 0.6) is 0 Å². The van der Waals surface area contributed by atoms with Crippen molar-refractivity contribution in [2.45, 2.75) is 52.6 Å². The summed E-state index contributed by atoms with van der Waals surface area (Å²) in [5.41, 5.74) is 0.358. The van der Waals surface area contributed by atoms with Gasteiger partial charge in [0.1, 0.15) is 0 Å². The fourth-order valence-electron chi connectivity index (χ4n) is 1.54. The number of aliphatic hydroxyl groups is 1. The van der Waals surface area contributed by atoms with Gasteiger partial charge < -0.3 is 10.2 Å². The first-order valence-corrected chi connectivity index (χ1v) is 5.61. The summed E-state index contributed by atoms with van der Waals surface area (Å²) in [5, 5.41) is 18.5. The van der Waals surface area contributed by atoms with Gasteiger partial charge in [0.05, 0.1) is 6.10 Å². The zero-order valence-corrected chi connectivity index (χ0v) is 9.86. The van der Waals surface area contributed by atoms with E-state index in [9.17, 15) is 9.90 Å². The fourth-order valence-corrected chi connectivity index (χ4v) is 1.54. The van der Waals surface area contributed by atoms with Crippen molar-refractivity contribution in [3.63, 3.8) is 0 Å². The normalized spacial score (nSPS) is 16.1. The molecule has 0 aromatic carbocycles. The number of rotatable bonds is 7. The summed E-state index contributed by atoms with van der Waals surface area (Å²) in [6.45, 7) is 5.64. The molecule has 0 aromatic heterocycles. The van der Waals surface area contributed by atoms with E-state index in [0.717, 1.165) is 19.3 Å². The molecule has 0 heterocycles. The van der Waals surface area contributed by atoms with Gasteiger partial charge in [-0.05, 0) is 25.7 Å². The van der Waals surface area contributed by atoms with E-state index in [0.29, 0.717) is 12.0 Å². The summed E-state index contributed by atoms with van der Waals surface area (Å²) < 4.78 is 0. The highest BCUT2D eigenvalue weighted by molar-refractivity contribution is 5.85. The first kappa shape index (κ1) is 14.2. The van der Waals surface area contributed by atoms with Crippen LogP contribution in [0.15, 0.2) is 11.6 Å². The van der Waals surface area contributed by atoms with E-state index in [1.807, 2.05) is 13.8 Å². The highest BCUT2D eigenvalue weighted by Gasteiger charge is 2.15. The van der Waals surface area contributed by atoms with Crippen molar-refractivity contribution in [1.29, 1.82) is 0 Å². The average molecular weight is 214 g/mol. The molecule has 0 aliphatic heterocycles. The fraction of sp³-hybridized carbons (Fsp3) is 0.750. The third-order valence-corrected chi connectivity index (χ3v) is 2.72. The van der Waals surface area contributed by atoms with Gasteiger partial charge in [-0.1, -0.05) is 32.8 Å². The molecule has 0 spiro atoms. The Kier molecular flexibility index (Phi) is 7.05. The van der Waals surface area contributed by atoms with E-state index in [4.69, 9.17) is 5.11 Å². The molecule has 3 nitrogen and oxygen atoms in total. The minimum Gasteiger partial charge on any atom is -0.478 e. The quantitative estimate of drug-likeness (QED) is 0.640. The SMILES string of the molecule is CCCC(O)C(CC)CC=C(C)C(=O)O. The van der Waals surface area contributed by atoms with E-state index in [2.05, 4.69) is 0 Å². The molecule has 3 heteroatoms. The van der Waals surface area contributed by atoms with Crippen molar-refractivity contribution in [2.24, 2.45) is 5.92 Å². The Balaban J connectivity index is 4.21. The number of hydrogen-bond donors (Lipinski definition) is 2. The molecule has 0 saturated carbocycles. The van der Waals surface area contributed by atoms with Gasteiger partial charge >= 0.3 is 5.97 Å². The molecule has 2 atom stereocenters. The lowest BCUT2D eigenvalue weighted by molar-refractivity contribution is -0.132. The summed E-state index contributed by atoms with van der Waals surface area (Å²) >= 11 is 0. The minimum absolute atomic E-state index is 0.180. The number of allylic oxidation sites excluding steroid dienone is 1. The Morgan fingerprint density at radius 1 is 1.40 bits per heavy atom. The molecular formula is C12H22O3. The lowest BCUT2D eigenvalue weighted by atomic mass is 9.92. The topological polar surface area (TPSA) is 57.5 Å². The molecule has 2 N–H and O–H groups in total. The second kappa shape index (κ2) is 7.46. The molecular weight excluding hydrogens is 192 g/mol. The van der Waals surface area contributed by atoms with Crippen molar-refractivity contribution < 1.29 is 15.0 Å². The van der Waals surface area contributed by atoms with Crippen LogP contribution in [0, 0.1) is 5.92 Å². The van der Waals surface area contributed by atoms with Gasteiger partial charge in [-0.25, -0.2) is 4.79 Å². The minimum atomic E-state index is -0.880. The molecule has 0 saturated heterocycles. The predicted molar refractivity (Wildman–Crippen MR) is 60.7 cm³/mol. The predicted octanol–water partition coefficient (Wildman–Crippen LogP) is 2.59. The molecule has 2 unspecified atom stereocenters.